The Hall–Kier alpha value is -1.83. The predicted octanol–water partition coefficient (Wildman–Crippen LogP) is 2.46. The molecule has 0 bridgehead atoms. The van der Waals surface area contributed by atoms with Gasteiger partial charge in [0.05, 0.1) is 6.10 Å². The highest BCUT2D eigenvalue weighted by molar-refractivity contribution is 5.95. The van der Waals surface area contributed by atoms with Gasteiger partial charge in [-0.3, -0.25) is 4.79 Å². The lowest BCUT2D eigenvalue weighted by atomic mass is 10.1. The van der Waals surface area contributed by atoms with Gasteiger partial charge >= 0.3 is 6.61 Å². The van der Waals surface area contributed by atoms with Crippen LogP contribution in [0.5, 0.6) is 5.75 Å². The number of alkyl halides is 2. The third-order valence-corrected chi connectivity index (χ3v) is 2.73. The summed E-state index contributed by atoms with van der Waals surface area (Å²) >= 11 is 0. The molecule has 1 aromatic rings. The van der Waals surface area contributed by atoms with E-state index in [1.807, 2.05) is 0 Å². The fourth-order valence-corrected chi connectivity index (χ4v) is 1.57. The van der Waals surface area contributed by atoms with Gasteiger partial charge in [0.1, 0.15) is 11.4 Å². The fourth-order valence-electron chi connectivity index (χ4n) is 1.57. The summed E-state index contributed by atoms with van der Waals surface area (Å²) in [5.74, 6) is -4.70. The van der Waals surface area contributed by atoms with Crippen LogP contribution in [0.1, 0.15) is 30.1 Å². The number of hydrogen-bond acceptors (Lipinski definition) is 3. The molecule has 0 spiro atoms. The van der Waals surface area contributed by atoms with Crippen LogP contribution >= 0.6 is 0 Å². The Morgan fingerprint density at radius 1 is 1.38 bits per heavy atom. The zero-order valence-corrected chi connectivity index (χ0v) is 11.2. The van der Waals surface area contributed by atoms with Gasteiger partial charge in [-0.2, -0.15) is 8.78 Å². The van der Waals surface area contributed by atoms with Gasteiger partial charge < -0.3 is 15.2 Å². The second-order valence-electron chi connectivity index (χ2n) is 4.22. The molecule has 0 radical (unpaired) electrons. The van der Waals surface area contributed by atoms with Crippen LogP contribution in [0.3, 0.4) is 0 Å². The molecular formula is C13H15F4NO3. The standard InChI is InChI=1S/C13H15F4NO3/c1-2-7(19)5-6-18-12(20)10-8(14)3-4-9(11(10)15)21-13(16)17/h3-4,7,13,19H,2,5-6H2,1H3,(H,18,20). The lowest BCUT2D eigenvalue weighted by molar-refractivity contribution is -0.0523. The number of halogens is 4. The highest BCUT2D eigenvalue weighted by Crippen LogP contribution is 2.24. The Labute approximate surface area is 118 Å². The van der Waals surface area contributed by atoms with Gasteiger partial charge in [0.2, 0.25) is 0 Å². The van der Waals surface area contributed by atoms with Crippen LogP contribution in [0, 0.1) is 11.6 Å². The molecule has 1 aromatic carbocycles. The first kappa shape index (κ1) is 17.2. The molecule has 21 heavy (non-hydrogen) atoms. The first-order valence-electron chi connectivity index (χ1n) is 6.25. The van der Waals surface area contributed by atoms with Crippen LogP contribution in [0.25, 0.3) is 0 Å². The van der Waals surface area contributed by atoms with Crippen molar-refractivity contribution < 1.29 is 32.2 Å². The van der Waals surface area contributed by atoms with Gasteiger partial charge in [-0.05, 0) is 25.0 Å². The largest absolute Gasteiger partial charge is 0.432 e. The van der Waals surface area contributed by atoms with Crippen LogP contribution in [0.15, 0.2) is 12.1 Å². The van der Waals surface area contributed by atoms with Crippen molar-refractivity contribution in [3.05, 3.63) is 29.3 Å². The van der Waals surface area contributed by atoms with E-state index in [0.29, 0.717) is 18.6 Å². The minimum Gasteiger partial charge on any atom is -0.432 e. The maximum absolute atomic E-state index is 13.8. The van der Waals surface area contributed by atoms with Gasteiger partial charge in [-0.25, -0.2) is 8.78 Å². The zero-order valence-electron chi connectivity index (χ0n) is 11.2. The number of nitrogens with one attached hydrogen (secondary N) is 1. The van der Waals surface area contributed by atoms with E-state index in [1.165, 1.54) is 0 Å². The predicted molar refractivity (Wildman–Crippen MR) is 66.2 cm³/mol. The van der Waals surface area contributed by atoms with Crippen LogP contribution < -0.4 is 10.1 Å². The number of hydrogen-bond donors (Lipinski definition) is 2. The van der Waals surface area contributed by atoms with E-state index in [0.717, 1.165) is 0 Å². The van der Waals surface area contributed by atoms with Crippen LogP contribution in [0.2, 0.25) is 0 Å². The second kappa shape index (κ2) is 7.82. The lowest BCUT2D eigenvalue weighted by Crippen LogP contribution is -2.28. The molecule has 0 heterocycles. The first-order valence-corrected chi connectivity index (χ1v) is 6.25. The molecule has 118 valence electrons. The Kier molecular flexibility index (Phi) is 6.41. The molecule has 1 unspecified atom stereocenters. The van der Waals surface area contributed by atoms with Crippen molar-refractivity contribution in [2.45, 2.75) is 32.5 Å². The molecule has 0 aliphatic heterocycles. The van der Waals surface area contributed by atoms with E-state index >= 15 is 0 Å². The molecule has 2 N–H and O–H groups in total. The van der Waals surface area contributed by atoms with Crippen LogP contribution in [0.4, 0.5) is 17.6 Å². The van der Waals surface area contributed by atoms with Gasteiger partial charge in [-0.15, -0.1) is 0 Å². The highest BCUT2D eigenvalue weighted by atomic mass is 19.3. The summed E-state index contributed by atoms with van der Waals surface area (Å²) in [6.45, 7) is -1.57. The molecule has 0 fully saturated rings. The minimum absolute atomic E-state index is 0.00729. The van der Waals surface area contributed by atoms with E-state index in [1.54, 1.807) is 6.92 Å². The Morgan fingerprint density at radius 2 is 2.05 bits per heavy atom. The van der Waals surface area contributed by atoms with Crippen molar-refractivity contribution in [3.8, 4) is 5.75 Å². The van der Waals surface area contributed by atoms with Crippen molar-refractivity contribution in [2.24, 2.45) is 0 Å². The van der Waals surface area contributed by atoms with Crippen molar-refractivity contribution >= 4 is 5.91 Å². The molecule has 0 saturated carbocycles. The topological polar surface area (TPSA) is 58.6 Å². The van der Waals surface area contributed by atoms with Crippen molar-refractivity contribution in [1.29, 1.82) is 0 Å². The maximum Gasteiger partial charge on any atom is 0.387 e. The summed E-state index contributed by atoms with van der Waals surface area (Å²) in [4.78, 5) is 11.7. The third-order valence-electron chi connectivity index (χ3n) is 2.73. The average Bonchev–Trinajstić information content (AvgIpc) is 2.41. The summed E-state index contributed by atoms with van der Waals surface area (Å²) < 4.78 is 55.2. The number of carbonyl (C=O) groups excluding carboxylic acids is 1. The molecule has 8 heteroatoms. The van der Waals surface area contributed by atoms with E-state index in [-0.39, 0.29) is 13.0 Å². The summed E-state index contributed by atoms with van der Waals surface area (Å²) in [5, 5.41) is 11.5. The Balaban J connectivity index is 2.83. The number of carbonyl (C=O) groups is 1. The number of amides is 1. The number of benzene rings is 1. The van der Waals surface area contributed by atoms with Crippen molar-refractivity contribution in [2.75, 3.05) is 6.54 Å². The van der Waals surface area contributed by atoms with E-state index in [9.17, 15) is 27.5 Å². The summed E-state index contributed by atoms with van der Waals surface area (Å²) in [6, 6.07) is 1.34. The van der Waals surface area contributed by atoms with Gasteiger partial charge in [0, 0.05) is 6.54 Å². The van der Waals surface area contributed by atoms with Crippen LogP contribution in [-0.4, -0.2) is 30.3 Å². The SMILES string of the molecule is CCC(O)CCNC(=O)c1c(F)ccc(OC(F)F)c1F. The number of aliphatic hydroxyl groups is 1. The molecule has 1 rings (SSSR count). The molecule has 1 atom stereocenters. The van der Waals surface area contributed by atoms with Gasteiger partial charge in [-0.1, -0.05) is 6.92 Å². The normalized spacial score (nSPS) is 12.3. The summed E-state index contributed by atoms with van der Waals surface area (Å²) in [5.41, 5.74) is -1.00. The molecule has 0 saturated heterocycles. The highest BCUT2D eigenvalue weighted by Gasteiger charge is 2.22. The zero-order chi connectivity index (χ0) is 16.0. The minimum atomic E-state index is -3.29. The van der Waals surface area contributed by atoms with Crippen LogP contribution in [-0.2, 0) is 0 Å². The number of rotatable bonds is 7. The van der Waals surface area contributed by atoms with Gasteiger partial charge in [0.15, 0.2) is 11.6 Å². The molecule has 1 amide bonds. The molecule has 0 aliphatic rings. The third kappa shape index (κ3) is 4.89. The van der Waals surface area contributed by atoms with E-state index in [4.69, 9.17) is 0 Å². The maximum atomic E-state index is 13.8. The molecule has 4 nitrogen and oxygen atoms in total. The monoisotopic (exact) mass is 309 g/mol. The second-order valence-corrected chi connectivity index (χ2v) is 4.22. The van der Waals surface area contributed by atoms with Crippen molar-refractivity contribution in [3.63, 3.8) is 0 Å². The first-order chi connectivity index (χ1) is 9.86. The summed E-state index contributed by atoms with van der Waals surface area (Å²) in [6.07, 6.45) is 0.0307. The Morgan fingerprint density at radius 3 is 2.62 bits per heavy atom. The quantitative estimate of drug-likeness (QED) is 0.761. The molecule has 0 aliphatic carbocycles. The molecular weight excluding hydrogens is 294 g/mol. The Bertz CT molecular complexity index is 497. The fraction of sp³-hybridized carbons (Fsp3) is 0.462. The number of ether oxygens (including phenoxy) is 1. The smallest absolute Gasteiger partial charge is 0.387 e. The summed E-state index contributed by atoms with van der Waals surface area (Å²) in [7, 11) is 0. The van der Waals surface area contributed by atoms with Crippen molar-refractivity contribution in [1.82, 2.24) is 5.32 Å². The van der Waals surface area contributed by atoms with Gasteiger partial charge in [0.25, 0.3) is 5.91 Å². The lowest BCUT2D eigenvalue weighted by Gasteiger charge is -2.12. The van der Waals surface area contributed by atoms with E-state index in [2.05, 4.69) is 10.1 Å². The number of aliphatic hydroxyl groups excluding tert-OH is 1. The molecule has 0 aromatic heterocycles. The van der Waals surface area contributed by atoms with E-state index < -0.39 is 41.6 Å². The average molecular weight is 309 g/mol.